The zero-order chi connectivity index (χ0) is 22.2. The molecule has 0 fully saturated rings. The lowest BCUT2D eigenvalue weighted by Gasteiger charge is -2.14. The highest BCUT2D eigenvalue weighted by Gasteiger charge is 2.21. The third kappa shape index (κ3) is 3.92. The molecule has 0 aliphatic heterocycles. The number of rotatable bonds is 4. The predicted molar refractivity (Wildman–Crippen MR) is 111 cm³/mol. The minimum absolute atomic E-state index is 0.00176. The number of halogens is 2. The molecule has 0 saturated heterocycles. The summed E-state index contributed by atoms with van der Waals surface area (Å²) in [5.41, 5.74) is 1.75. The van der Waals surface area contributed by atoms with Crippen LogP contribution in [0.2, 0.25) is 10.0 Å². The number of nitrogens with one attached hydrogen (secondary N) is 1. The highest BCUT2D eigenvalue weighted by molar-refractivity contribution is 6.37. The zero-order valence-electron chi connectivity index (χ0n) is 16.1. The number of fused-ring (bicyclic) bond motifs is 1. The summed E-state index contributed by atoms with van der Waals surface area (Å²) in [6.45, 7) is 1.77. The van der Waals surface area contributed by atoms with Crippen molar-refractivity contribution >= 4 is 52.1 Å². The second-order valence-corrected chi connectivity index (χ2v) is 7.16. The number of aromatic nitrogens is 1. The van der Waals surface area contributed by atoms with Gasteiger partial charge in [0.1, 0.15) is 11.4 Å². The van der Waals surface area contributed by atoms with Crippen LogP contribution < -0.4 is 4.74 Å². The van der Waals surface area contributed by atoms with E-state index in [2.05, 4.69) is 4.98 Å². The quantitative estimate of drug-likeness (QED) is 0.534. The van der Waals surface area contributed by atoms with Gasteiger partial charge in [0.2, 0.25) is 0 Å². The largest absolute Gasteiger partial charge is 0.465 e. The Kier molecular flexibility index (Phi) is 5.91. The number of ether oxygens (including phenoxy) is 2. The van der Waals surface area contributed by atoms with Gasteiger partial charge in [-0.15, -0.1) is 0 Å². The molecule has 3 rings (SSSR count). The van der Waals surface area contributed by atoms with Crippen LogP contribution in [-0.4, -0.2) is 47.1 Å². The molecule has 8 nitrogen and oxygen atoms in total. The van der Waals surface area contributed by atoms with Crippen molar-refractivity contribution in [2.45, 2.75) is 6.92 Å². The number of amides is 2. The monoisotopic (exact) mass is 450 g/mol. The van der Waals surface area contributed by atoms with E-state index in [4.69, 9.17) is 37.8 Å². The topological polar surface area (TPSA) is 109 Å². The number of H-pyrrole nitrogens is 1. The molecule has 10 heteroatoms. The van der Waals surface area contributed by atoms with Crippen LogP contribution in [-0.2, 0) is 4.74 Å². The van der Waals surface area contributed by atoms with Crippen LogP contribution in [0.3, 0.4) is 0 Å². The van der Waals surface area contributed by atoms with Crippen LogP contribution >= 0.6 is 23.2 Å². The first kappa shape index (κ1) is 21.5. The molecule has 2 aromatic carbocycles. The molecule has 1 heterocycles. The number of benzene rings is 2. The lowest BCUT2D eigenvalue weighted by Crippen LogP contribution is -2.31. The molecule has 0 aliphatic rings. The first-order chi connectivity index (χ1) is 14.1. The number of aromatic amines is 1. The molecule has 0 atom stereocenters. The molecule has 2 amide bonds. The lowest BCUT2D eigenvalue weighted by atomic mass is 10.1. The van der Waals surface area contributed by atoms with E-state index in [9.17, 15) is 14.4 Å². The average molecular weight is 451 g/mol. The Morgan fingerprint density at radius 3 is 2.30 bits per heavy atom. The van der Waals surface area contributed by atoms with Crippen LogP contribution in [0.4, 0.5) is 4.79 Å². The van der Waals surface area contributed by atoms with Gasteiger partial charge in [0, 0.05) is 23.5 Å². The van der Waals surface area contributed by atoms with Gasteiger partial charge in [0.15, 0.2) is 5.75 Å². The Bertz CT molecular complexity index is 1160. The van der Waals surface area contributed by atoms with Gasteiger partial charge in [0.05, 0.1) is 17.2 Å². The zero-order valence-corrected chi connectivity index (χ0v) is 17.6. The number of hydrogen-bond acceptors (Lipinski definition) is 5. The van der Waals surface area contributed by atoms with Gasteiger partial charge in [0.25, 0.3) is 5.91 Å². The molecule has 156 valence electrons. The Balaban J connectivity index is 1.95. The van der Waals surface area contributed by atoms with Gasteiger partial charge in [-0.3, -0.25) is 4.79 Å². The van der Waals surface area contributed by atoms with Gasteiger partial charge in [-0.25, -0.2) is 14.5 Å². The fourth-order valence-corrected chi connectivity index (χ4v) is 3.42. The van der Waals surface area contributed by atoms with Crippen LogP contribution in [0.15, 0.2) is 30.3 Å². The number of hydrogen-bond donors (Lipinski definition) is 2. The molecule has 0 unspecified atom stereocenters. The van der Waals surface area contributed by atoms with Crippen molar-refractivity contribution < 1.29 is 29.0 Å². The third-order valence-electron chi connectivity index (χ3n) is 4.48. The number of imide groups is 1. The smallest absolute Gasteiger partial charge is 0.414 e. The minimum Gasteiger partial charge on any atom is -0.465 e. The number of esters is 1. The average Bonchev–Trinajstić information content (AvgIpc) is 3.04. The molecule has 0 radical (unpaired) electrons. The summed E-state index contributed by atoms with van der Waals surface area (Å²) in [7, 11) is 2.42. The summed E-state index contributed by atoms with van der Waals surface area (Å²) in [5, 5.41) is 9.76. The van der Waals surface area contributed by atoms with Gasteiger partial charge in [-0.05, 0) is 42.8 Å². The number of aryl methyl sites for hydroxylation is 1. The standard InChI is InChI=1S/C20H16Cl2N2O6/c1-9-12-8-11(4-5-15(12)23-16(9)19(26)29-3)30-17-13(21)6-10(7-14(17)22)18(25)24(2)20(27)28/h4-8,23H,1-3H3,(H,27,28). The van der Waals surface area contributed by atoms with E-state index in [-0.39, 0.29) is 21.4 Å². The summed E-state index contributed by atoms with van der Waals surface area (Å²) in [6.07, 6.45) is -1.41. The summed E-state index contributed by atoms with van der Waals surface area (Å²) < 4.78 is 10.6. The van der Waals surface area contributed by atoms with Crippen LogP contribution in [0.1, 0.15) is 26.4 Å². The Morgan fingerprint density at radius 1 is 1.10 bits per heavy atom. The summed E-state index contributed by atoms with van der Waals surface area (Å²) in [6, 6.07) is 7.65. The second-order valence-electron chi connectivity index (χ2n) is 6.34. The first-order valence-electron chi connectivity index (χ1n) is 8.52. The Hall–Kier alpha value is -3.23. The van der Waals surface area contributed by atoms with E-state index in [1.807, 2.05) is 0 Å². The van der Waals surface area contributed by atoms with Crippen molar-refractivity contribution in [2.75, 3.05) is 14.2 Å². The molecule has 3 aromatic rings. The summed E-state index contributed by atoms with van der Waals surface area (Å²) >= 11 is 12.5. The molecular weight excluding hydrogens is 435 g/mol. The van der Waals surface area contributed by atoms with Crippen molar-refractivity contribution in [1.82, 2.24) is 9.88 Å². The highest BCUT2D eigenvalue weighted by atomic mass is 35.5. The molecular formula is C20H16Cl2N2O6. The fraction of sp³-hybridized carbons (Fsp3) is 0.150. The van der Waals surface area contributed by atoms with Gasteiger partial charge >= 0.3 is 12.1 Å². The maximum atomic E-state index is 12.2. The highest BCUT2D eigenvalue weighted by Crippen LogP contribution is 2.38. The van der Waals surface area contributed by atoms with E-state index < -0.39 is 18.0 Å². The molecule has 30 heavy (non-hydrogen) atoms. The SMILES string of the molecule is COC(=O)c1[nH]c2ccc(Oc3c(Cl)cc(C(=O)N(C)C(=O)O)cc3Cl)cc2c1C. The number of carbonyl (C=O) groups is 3. The molecule has 0 spiro atoms. The van der Waals surface area contributed by atoms with E-state index in [0.29, 0.717) is 21.9 Å². The molecule has 0 bridgehead atoms. The summed E-state index contributed by atoms with van der Waals surface area (Å²) in [5.74, 6) is -0.762. The number of carbonyl (C=O) groups excluding carboxylic acids is 2. The minimum atomic E-state index is -1.41. The number of carboxylic acid groups (broad SMARTS) is 1. The third-order valence-corrected chi connectivity index (χ3v) is 5.04. The van der Waals surface area contributed by atoms with Gasteiger partial charge in [-0.2, -0.15) is 0 Å². The molecule has 1 aromatic heterocycles. The van der Waals surface area contributed by atoms with E-state index in [0.717, 1.165) is 18.0 Å². The molecule has 0 saturated carbocycles. The fourth-order valence-electron chi connectivity index (χ4n) is 2.85. The second kappa shape index (κ2) is 8.25. The van der Waals surface area contributed by atoms with Gasteiger partial charge < -0.3 is 19.6 Å². The predicted octanol–water partition coefficient (Wildman–Crippen LogP) is 5.11. The van der Waals surface area contributed by atoms with Crippen molar-refractivity contribution in [2.24, 2.45) is 0 Å². The maximum absolute atomic E-state index is 12.2. The number of methoxy groups -OCH3 is 1. The van der Waals surface area contributed by atoms with E-state index >= 15 is 0 Å². The maximum Gasteiger partial charge on any atom is 0.414 e. The molecule has 0 aliphatic carbocycles. The number of nitrogens with zero attached hydrogens (tertiary/aromatic N) is 1. The first-order valence-corrected chi connectivity index (χ1v) is 9.28. The van der Waals surface area contributed by atoms with Crippen LogP contribution in [0, 0.1) is 6.92 Å². The Morgan fingerprint density at radius 2 is 1.73 bits per heavy atom. The normalized spacial score (nSPS) is 10.7. The van der Waals surface area contributed by atoms with E-state index in [1.54, 1.807) is 25.1 Å². The van der Waals surface area contributed by atoms with Gasteiger partial charge in [-0.1, -0.05) is 23.2 Å². The lowest BCUT2D eigenvalue weighted by molar-refractivity contribution is 0.0593. The molecule has 2 N–H and O–H groups in total. The van der Waals surface area contributed by atoms with E-state index in [1.165, 1.54) is 19.2 Å². The van der Waals surface area contributed by atoms with Crippen molar-refractivity contribution in [1.29, 1.82) is 0 Å². The van der Waals surface area contributed by atoms with Crippen LogP contribution in [0.25, 0.3) is 10.9 Å². The van der Waals surface area contributed by atoms with Crippen molar-refractivity contribution in [3.63, 3.8) is 0 Å². The summed E-state index contributed by atoms with van der Waals surface area (Å²) in [4.78, 5) is 38.5. The Labute approximate surface area is 180 Å². The van der Waals surface area contributed by atoms with Crippen molar-refractivity contribution in [3.8, 4) is 11.5 Å². The van der Waals surface area contributed by atoms with Crippen molar-refractivity contribution in [3.05, 3.63) is 57.2 Å². The van der Waals surface area contributed by atoms with Crippen LogP contribution in [0.5, 0.6) is 11.5 Å².